The molecule has 0 fully saturated rings. The predicted octanol–water partition coefficient (Wildman–Crippen LogP) is 0.952. The van der Waals surface area contributed by atoms with E-state index in [9.17, 15) is 17.6 Å². The van der Waals surface area contributed by atoms with Crippen LogP contribution in [0.1, 0.15) is 31.4 Å². The number of nitrogens with zero attached hydrogens (tertiary/aromatic N) is 1. The normalized spacial score (nSPS) is 11.9. The van der Waals surface area contributed by atoms with Crippen LogP contribution >= 0.6 is 0 Å². The van der Waals surface area contributed by atoms with Gasteiger partial charge >= 0.3 is 0 Å². The second-order valence-electron chi connectivity index (χ2n) is 5.88. The lowest BCUT2D eigenvalue weighted by atomic mass is 10.1. The molecule has 0 unspecified atom stereocenters. The van der Waals surface area contributed by atoms with Crippen LogP contribution in [0.5, 0.6) is 0 Å². The number of carbonyl (C=O) groups excluding carboxylic acids is 1. The van der Waals surface area contributed by atoms with Gasteiger partial charge in [0, 0.05) is 19.3 Å². The first kappa shape index (κ1) is 21.9. The van der Waals surface area contributed by atoms with Crippen LogP contribution in [0.25, 0.3) is 0 Å². The fourth-order valence-corrected chi connectivity index (χ4v) is 3.01. The maximum Gasteiger partial charge on any atom is 0.239 e. The summed E-state index contributed by atoms with van der Waals surface area (Å²) < 4.78 is 36.6. The molecule has 9 heteroatoms. The van der Waals surface area contributed by atoms with Crippen LogP contribution in [0, 0.1) is 5.82 Å². The number of carbonyl (C=O) groups is 1. The van der Waals surface area contributed by atoms with Gasteiger partial charge in [-0.2, -0.15) is 0 Å². The van der Waals surface area contributed by atoms with Crippen LogP contribution in [-0.4, -0.2) is 46.2 Å². The number of benzene rings is 1. The molecule has 0 heterocycles. The molecular formula is C17H27FN4O3S. The highest BCUT2D eigenvalue weighted by Gasteiger charge is 2.11. The van der Waals surface area contributed by atoms with E-state index >= 15 is 0 Å². The topological polar surface area (TPSA) is 99.7 Å². The molecule has 0 aliphatic carbocycles. The van der Waals surface area contributed by atoms with E-state index < -0.39 is 15.7 Å². The van der Waals surface area contributed by atoms with E-state index in [4.69, 9.17) is 0 Å². The highest BCUT2D eigenvalue weighted by molar-refractivity contribution is 7.89. The number of rotatable bonds is 9. The Balaban J connectivity index is 2.85. The van der Waals surface area contributed by atoms with Crippen molar-refractivity contribution in [3.05, 3.63) is 35.1 Å². The lowest BCUT2D eigenvalue weighted by Crippen LogP contribution is -2.43. The maximum atomic E-state index is 13.5. The third-order valence-corrected chi connectivity index (χ3v) is 4.16. The van der Waals surface area contributed by atoms with Gasteiger partial charge in [-0.05, 0) is 36.6 Å². The molecule has 0 aromatic heterocycles. The Morgan fingerprint density at radius 3 is 2.50 bits per heavy atom. The number of nitrogens with one attached hydrogen (secondary N) is 3. The number of sulfone groups is 1. The smallest absolute Gasteiger partial charge is 0.239 e. The van der Waals surface area contributed by atoms with E-state index in [1.54, 1.807) is 0 Å². The van der Waals surface area contributed by atoms with Crippen LogP contribution in [0.3, 0.4) is 0 Å². The standard InChI is InChI=1S/C17H27FN4O3S/c1-4-8-20-16(23)11-22-17(19-5-2)21-10-14-9-15(18)7-6-13(14)12-26(3,24)25/h6-7,9H,4-5,8,10-12H2,1-3H3,(H,20,23)(H2,19,21,22). The van der Waals surface area contributed by atoms with E-state index in [1.807, 2.05) is 13.8 Å². The third kappa shape index (κ3) is 8.80. The number of guanidine groups is 1. The number of amides is 1. The Morgan fingerprint density at radius 2 is 1.88 bits per heavy atom. The van der Waals surface area contributed by atoms with Crippen LogP contribution in [0.15, 0.2) is 23.2 Å². The van der Waals surface area contributed by atoms with Gasteiger partial charge in [0.25, 0.3) is 0 Å². The van der Waals surface area contributed by atoms with Crippen LogP contribution in [-0.2, 0) is 26.9 Å². The monoisotopic (exact) mass is 386 g/mol. The summed E-state index contributed by atoms with van der Waals surface area (Å²) in [5.41, 5.74) is 0.997. The minimum atomic E-state index is -3.25. The Labute approximate surface area is 154 Å². The predicted molar refractivity (Wildman–Crippen MR) is 101 cm³/mol. The summed E-state index contributed by atoms with van der Waals surface area (Å²) >= 11 is 0. The van der Waals surface area contributed by atoms with Crippen LogP contribution in [0.2, 0.25) is 0 Å². The summed E-state index contributed by atoms with van der Waals surface area (Å²) in [5.74, 6) is -0.388. The average Bonchev–Trinajstić information content (AvgIpc) is 2.56. The van der Waals surface area contributed by atoms with Crippen molar-refractivity contribution in [3.63, 3.8) is 0 Å². The summed E-state index contributed by atoms with van der Waals surface area (Å²) in [6.45, 7) is 5.19. The zero-order valence-corrected chi connectivity index (χ0v) is 16.2. The van der Waals surface area contributed by atoms with Gasteiger partial charge in [0.2, 0.25) is 5.91 Å². The molecule has 0 aliphatic heterocycles. The summed E-state index contributed by atoms with van der Waals surface area (Å²) in [5, 5.41) is 8.64. The van der Waals surface area contributed by atoms with Crippen LogP contribution in [0.4, 0.5) is 4.39 Å². The summed E-state index contributed by atoms with van der Waals surface area (Å²) in [6.07, 6.45) is 1.98. The van der Waals surface area contributed by atoms with E-state index in [0.717, 1.165) is 12.7 Å². The zero-order chi connectivity index (χ0) is 19.6. The minimum Gasteiger partial charge on any atom is -0.357 e. The van der Waals surface area contributed by atoms with E-state index in [1.165, 1.54) is 18.2 Å². The minimum absolute atomic E-state index is 0.0607. The molecule has 0 saturated carbocycles. The van der Waals surface area contributed by atoms with Crippen molar-refractivity contribution < 1.29 is 17.6 Å². The first-order valence-electron chi connectivity index (χ1n) is 8.49. The van der Waals surface area contributed by atoms with Crippen LogP contribution < -0.4 is 16.0 Å². The van der Waals surface area contributed by atoms with Crippen molar-refractivity contribution in [2.75, 3.05) is 25.9 Å². The van der Waals surface area contributed by atoms with Gasteiger partial charge in [-0.1, -0.05) is 13.0 Å². The largest absolute Gasteiger partial charge is 0.357 e. The fraction of sp³-hybridized carbons (Fsp3) is 0.529. The molecular weight excluding hydrogens is 359 g/mol. The van der Waals surface area contributed by atoms with Gasteiger partial charge in [0.05, 0.1) is 18.8 Å². The van der Waals surface area contributed by atoms with E-state index in [-0.39, 0.29) is 24.7 Å². The summed E-state index contributed by atoms with van der Waals surface area (Å²) in [6, 6.07) is 3.97. The van der Waals surface area contributed by atoms with E-state index in [2.05, 4.69) is 20.9 Å². The molecule has 7 nitrogen and oxygen atoms in total. The Morgan fingerprint density at radius 1 is 1.15 bits per heavy atom. The second-order valence-corrected chi connectivity index (χ2v) is 8.02. The molecule has 1 aromatic rings. The number of aliphatic imine (C=N–C) groups is 1. The quantitative estimate of drug-likeness (QED) is 0.433. The highest BCUT2D eigenvalue weighted by atomic mass is 32.2. The van der Waals surface area contributed by atoms with Gasteiger partial charge in [-0.25, -0.2) is 17.8 Å². The molecule has 146 valence electrons. The second kappa shape index (κ2) is 10.7. The molecule has 3 N–H and O–H groups in total. The molecule has 0 spiro atoms. The molecule has 1 rings (SSSR count). The molecule has 1 aromatic carbocycles. The van der Waals surface area contributed by atoms with Gasteiger partial charge in [-0.15, -0.1) is 0 Å². The molecule has 1 amide bonds. The van der Waals surface area contributed by atoms with Crippen molar-refractivity contribution in [3.8, 4) is 0 Å². The molecule has 0 bridgehead atoms. The third-order valence-electron chi connectivity index (χ3n) is 3.33. The van der Waals surface area contributed by atoms with Gasteiger partial charge in [0.1, 0.15) is 5.82 Å². The van der Waals surface area contributed by atoms with Crippen molar-refractivity contribution in [2.24, 2.45) is 4.99 Å². The van der Waals surface area contributed by atoms with E-state index in [0.29, 0.717) is 30.2 Å². The van der Waals surface area contributed by atoms with Gasteiger partial charge in [0.15, 0.2) is 15.8 Å². The van der Waals surface area contributed by atoms with Crippen molar-refractivity contribution in [1.29, 1.82) is 0 Å². The summed E-state index contributed by atoms with van der Waals surface area (Å²) in [4.78, 5) is 16.0. The van der Waals surface area contributed by atoms with Crippen molar-refractivity contribution in [1.82, 2.24) is 16.0 Å². The number of hydrogen-bond acceptors (Lipinski definition) is 4. The number of halogens is 1. The van der Waals surface area contributed by atoms with Gasteiger partial charge < -0.3 is 16.0 Å². The first-order valence-corrected chi connectivity index (χ1v) is 10.5. The molecule has 0 atom stereocenters. The summed E-state index contributed by atoms with van der Waals surface area (Å²) in [7, 11) is -3.25. The lowest BCUT2D eigenvalue weighted by Gasteiger charge is -2.12. The average molecular weight is 386 g/mol. The zero-order valence-electron chi connectivity index (χ0n) is 15.4. The van der Waals surface area contributed by atoms with Crippen molar-refractivity contribution in [2.45, 2.75) is 32.6 Å². The molecule has 0 radical (unpaired) electrons. The Kier molecular flexibility index (Phi) is 9.04. The number of hydrogen-bond donors (Lipinski definition) is 3. The maximum absolute atomic E-state index is 13.5. The SMILES string of the molecule is CCCNC(=O)CNC(=NCc1cc(F)ccc1CS(C)(=O)=O)NCC. The van der Waals surface area contributed by atoms with Gasteiger partial charge in [-0.3, -0.25) is 4.79 Å². The van der Waals surface area contributed by atoms with Crippen molar-refractivity contribution >= 4 is 21.7 Å². The fourth-order valence-electron chi connectivity index (χ4n) is 2.16. The molecule has 0 saturated heterocycles. The Bertz CT molecular complexity index is 736. The molecule has 26 heavy (non-hydrogen) atoms. The Hall–Kier alpha value is -2.16. The lowest BCUT2D eigenvalue weighted by molar-refractivity contribution is -0.120. The first-order chi connectivity index (χ1) is 12.2. The molecule has 0 aliphatic rings. The highest BCUT2D eigenvalue weighted by Crippen LogP contribution is 2.15.